The highest BCUT2D eigenvalue weighted by Gasteiger charge is 2.16. The number of hydrogen-bond acceptors (Lipinski definition) is 4. The Morgan fingerprint density at radius 1 is 1.17 bits per heavy atom. The standard InChI is InChI=1S/C17H16Cl2N2O3/c18-12-7-13(19)9-14(8-12)21-17(22)11-1-2-16(20-10-11)24-15-3-5-23-6-4-15/h1-2,7-10,15H,3-6H2,(H,21,22). The molecule has 1 aromatic carbocycles. The largest absolute Gasteiger partial charge is 0.474 e. The molecule has 7 heteroatoms. The Bertz CT molecular complexity index is 696. The van der Waals surface area contributed by atoms with Gasteiger partial charge in [0.25, 0.3) is 5.91 Å². The van der Waals surface area contributed by atoms with E-state index < -0.39 is 0 Å². The summed E-state index contributed by atoms with van der Waals surface area (Å²) in [5.41, 5.74) is 0.949. The average Bonchev–Trinajstić information content (AvgIpc) is 2.55. The zero-order valence-corrected chi connectivity index (χ0v) is 14.3. The number of hydrogen-bond donors (Lipinski definition) is 1. The third-order valence-corrected chi connectivity index (χ3v) is 4.01. The van der Waals surface area contributed by atoms with E-state index in [2.05, 4.69) is 10.3 Å². The van der Waals surface area contributed by atoms with Crippen LogP contribution in [0.3, 0.4) is 0 Å². The highest BCUT2D eigenvalue weighted by atomic mass is 35.5. The van der Waals surface area contributed by atoms with E-state index in [1.165, 1.54) is 6.20 Å². The van der Waals surface area contributed by atoms with Gasteiger partial charge in [-0.1, -0.05) is 23.2 Å². The average molecular weight is 367 g/mol. The van der Waals surface area contributed by atoms with Crippen molar-refractivity contribution in [3.05, 3.63) is 52.1 Å². The fourth-order valence-corrected chi connectivity index (χ4v) is 2.90. The van der Waals surface area contributed by atoms with Gasteiger partial charge in [0.05, 0.1) is 18.8 Å². The van der Waals surface area contributed by atoms with Crippen LogP contribution in [-0.4, -0.2) is 30.2 Å². The molecule has 5 nitrogen and oxygen atoms in total. The Hall–Kier alpha value is -1.82. The molecular formula is C17H16Cl2N2O3. The van der Waals surface area contributed by atoms with Crippen molar-refractivity contribution in [1.29, 1.82) is 0 Å². The maximum Gasteiger partial charge on any atom is 0.257 e. The van der Waals surface area contributed by atoms with Gasteiger partial charge in [0, 0.05) is 40.8 Å². The SMILES string of the molecule is O=C(Nc1cc(Cl)cc(Cl)c1)c1ccc(OC2CCOCC2)nc1. The topological polar surface area (TPSA) is 60.5 Å². The molecule has 0 aliphatic carbocycles. The van der Waals surface area contributed by atoms with Crippen molar-refractivity contribution in [1.82, 2.24) is 4.98 Å². The van der Waals surface area contributed by atoms with Crippen LogP contribution in [0.25, 0.3) is 0 Å². The van der Waals surface area contributed by atoms with Gasteiger partial charge in [-0.3, -0.25) is 4.79 Å². The Kier molecular flexibility index (Phi) is 5.56. The molecule has 1 aliphatic heterocycles. The fourth-order valence-electron chi connectivity index (χ4n) is 2.38. The molecule has 1 amide bonds. The molecular weight excluding hydrogens is 351 g/mol. The molecule has 0 saturated carbocycles. The molecule has 1 aliphatic rings. The molecule has 2 heterocycles. The summed E-state index contributed by atoms with van der Waals surface area (Å²) in [5.74, 6) is 0.211. The van der Waals surface area contributed by atoms with Gasteiger partial charge < -0.3 is 14.8 Å². The summed E-state index contributed by atoms with van der Waals surface area (Å²) in [5, 5.41) is 3.65. The lowest BCUT2D eigenvalue weighted by Gasteiger charge is -2.22. The van der Waals surface area contributed by atoms with Gasteiger partial charge >= 0.3 is 0 Å². The first kappa shape index (κ1) is 17.0. The molecule has 1 aromatic heterocycles. The number of rotatable bonds is 4. The maximum atomic E-state index is 12.2. The van der Waals surface area contributed by atoms with Crippen LogP contribution >= 0.6 is 23.2 Å². The number of nitrogens with one attached hydrogen (secondary N) is 1. The molecule has 0 spiro atoms. The highest BCUT2D eigenvalue weighted by molar-refractivity contribution is 6.35. The highest BCUT2D eigenvalue weighted by Crippen LogP contribution is 2.23. The summed E-state index contributed by atoms with van der Waals surface area (Å²) in [7, 11) is 0. The predicted octanol–water partition coefficient (Wildman–Crippen LogP) is 4.20. The van der Waals surface area contributed by atoms with Gasteiger partial charge in [0.2, 0.25) is 5.88 Å². The first-order chi connectivity index (χ1) is 11.6. The van der Waals surface area contributed by atoms with Crippen molar-refractivity contribution in [2.75, 3.05) is 18.5 Å². The number of ether oxygens (including phenoxy) is 2. The summed E-state index contributed by atoms with van der Waals surface area (Å²) >= 11 is 11.8. The van der Waals surface area contributed by atoms with Gasteiger partial charge in [-0.15, -0.1) is 0 Å². The van der Waals surface area contributed by atoms with Crippen LogP contribution in [0.4, 0.5) is 5.69 Å². The molecule has 126 valence electrons. The second-order valence-electron chi connectivity index (χ2n) is 5.43. The lowest BCUT2D eigenvalue weighted by molar-refractivity contribution is 0.0237. The van der Waals surface area contributed by atoms with Crippen molar-refractivity contribution in [3.63, 3.8) is 0 Å². The molecule has 2 aromatic rings. The second-order valence-corrected chi connectivity index (χ2v) is 6.30. The number of anilines is 1. The van der Waals surface area contributed by atoms with E-state index in [1.54, 1.807) is 30.3 Å². The van der Waals surface area contributed by atoms with E-state index in [0.29, 0.717) is 40.4 Å². The third kappa shape index (κ3) is 4.60. The summed E-state index contributed by atoms with van der Waals surface area (Å²) in [6, 6.07) is 8.21. The Labute approximate surface area is 149 Å². The quantitative estimate of drug-likeness (QED) is 0.880. The lowest BCUT2D eigenvalue weighted by atomic mass is 10.1. The number of benzene rings is 1. The minimum Gasteiger partial charge on any atom is -0.474 e. The number of amides is 1. The minimum absolute atomic E-state index is 0.111. The summed E-state index contributed by atoms with van der Waals surface area (Å²) in [6.45, 7) is 1.40. The summed E-state index contributed by atoms with van der Waals surface area (Å²) in [6.07, 6.45) is 3.29. The molecule has 1 fully saturated rings. The fraction of sp³-hybridized carbons (Fsp3) is 0.294. The third-order valence-electron chi connectivity index (χ3n) is 3.57. The first-order valence-electron chi connectivity index (χ1n) is 7.58. The zero-order chi connectivity index (χ0) is 16.9. The molecule has 0 bridgehead atoms. The molecule has 0 unspecified atom stereocenters. The van der Waals surface area contributed by atoms with Crippen LogP contribution in [0, 0.1) is 0 Å². The van der Waals surface area contributed by atoms with Crippen molar-refractivity contribution < 1.29 is 14.3 Å². The molecule has 1 saturated heterocycles. The minimum atomic E-state index is -0.293. The number of carbonyl (C=O) groups is 1. The number of aromatic nitrogens is 1. The smallest absolute Gasteiger partial charge is 0.257 e. The molecule has 0 radical (unpaired) electrons. The van der Waals surface area contributed by atoms with E-state index in [1.807, 2.05) is 0 Å². The zero-order valence-electron chi connectivity index (χ0n) is 12.8. The van der Waals surface area contributed by atoms with Gasteiger partial charge in [-0.25, -0.2) is 4.98 Å². The van der Waals surface area contributed by atoms with Gasteiger partial charge in [0.15, 0.2) is 0 Å². The van der Waals surface area contributed by atoms with Gasteiger partial charge in [0.1, 0.15) is 6.10 Å². The first-order valence-corrected chi connectivity index (χ1v) is 8.33. The molecule has 1 N–H and O–H groups in total. The number of carbonyl (C=O) groups excluding carboxylic acids is 1. The summed E-state index contributed by atoms with van der Waals surface area (Å²) < 4.78 is 11.1. The Balaban J connectivity index is 1.62. The van der Waals surface area contributed by atoms with Gasteiger partial charge in [-0.2, -0.15) is 0 Å². The molecule has 24 heavy (non-hydrogen) atoms. The Morgan fingerprint density at radius 3 is 2.50 bits per heavy atom. The van der Waals surface area contributed by atoms with Crippen molar-refractivity contribution >= 4 is 34.8 Å². The van der Waals surface area contributed by atoms with Crippen LogP contribution in [0.2, 0.25) is 10.0 Å². The van der Waals surface area contributed by atoms with Crippen LogP contribution < -0.4 is 10.1 Å². The molecule has 0 atom stereocenters. The Morgan fingerprint density at radius 2 is 1.88 bits per heavy atom. The maximum absolute atomic E-state index is 12.2. The lowest BCUT2D eigenvalue weighted by Crippen LogP contribution is -2.26. The van der Waals surface area contributed by atoms with Gasteiger partial charge in [-0.05, 0) is 24.3 Å². The van der Waals surface area contributed by atoms with Crippen LogP contribution in [0.1, 0.15) is 23.2 Å². The van der Waals surface area contributed by atoms with E-state index in [9.17, 15) is 4.79 Å². The van der Waals surface area contributed by atoms with E-state index in [4.69, 9.17) is 32.7 Å². The number of halogens is 2. The molecule has 3 rings (SSSR count). The van der Waals surface area contributed by atoms with Crippen LogP contribution in [0.15, 0.2) is 36.5 Å². The predicted molar refractivity (Wildman–Crippen MR) is 93.1 cm³/mol. The number of pyridine rings is 1. The number of nitrogens with zero attached hydrogens (tertiary/aromatic N) is 1. The second kappa shape index (κ2) is 7.83. The normalized spacial score (nSPS) is 15.1. The van der Waals surface area contributed by atoms with E-state index >= 15 is 0 Å². The van der Waals surface area contributed by atoms with Crippen LogP contribution in [0.5, 0.6) is 5.88 Å². The van der Waals surface area contributed by atoms with E-state index in [0.717, 1.165) is 12.8 Å². The van der Waals surface area contributed by atoms with Crippen molar-refractivity contribution in [2.24, 2.45) is 0 Å². The van der Waals surface area contributed by atoms with E-state index in [-0.39, 0.29) is 12.0 Å². The van der Waals surface area contributed by atoms with Crippen LogP contribution in [-0.2, 0) is 4.74 Å². The monoisotopic (exact) mass is 366 g/mol. The van der Waals surface area contributed by atoms with Crippen molar-refractivity contribution in [2.45, 2.75) is 18.9 Å². The van der Waals surface area contributed by atoms with Crippen molar-refractivity contribution in [3.8, 4) is 5.88 Å². The summed E-state index contributed by atoms with van der Waals surface area (Å²) in [4.78, 5) is 16.4.